The molecule has 0 aromatic heterocycles. The highest BCUT2D eigenvalue weighted by Gasteiger charge is 2.38. The molecule has 5 nitrogen and oxygen atoms in total. The summed E-state index contributed by atoms with van der Waals surface area (Å²) in [6, 6.07) is 0. The highest BCUT2D eigenvalue weighted by atomic mass is 17.2. The minimum atomic E-state index is -0.643. The first kappa shape index (κ1) is 19.4. The van der Waals surface area contributed by atoms with Crippen molar-refractivity contribution < 1.29 is 24.0 Å². The van der Waals surface area contributed by atoms with Crippen LogP contribution in [0.15, 0.2) is 0 Å². The van der Waals surface area contributed by atoms with Crippen molar-refractivity contribution in [3.63, 3.8) is 0 Å². The van der Waals surface area contributed by atoms with Crippen molar-refractivity contribution in [2.24, 2.45) is 0 Å². The van der Waals surface area contributed by atoms with E-state index in [9.17, 15) is 4.79 Å². The lowest BCUT2D eigenvalue weighted by Crippen LogP contribution is -2.42. The summed E-state index contributed by atoms with van der Waals surface area (Å²) in [6.07, 6.45) is 11.1. The first-order valence-electron chi connectivity index (χ1n) is 8.62. The number of hydrogen-bond donors (Lipinski definition) is 0. The lowest BCUT2D eigenvalue weighted by molar-refractivity contribution is -0.466. The molecule has 0 saturated carbocycles. The lowest BCUT2D eigenvalue weighted by atomic mass is 9.98. The van der Waals surface area contributed by atoms with Crippen molar-refractivity contribution in [1.29, 1.82) is 0 Å². The van der Waals surface area contributed by atoms with Crippen LogP contribution < -0.4 is 0 Å². The second kappa shape index (κ2) is 11.0. The van der Waals surface area contributed by atoms with Crippen LogP contribution in [0.3, 0.4) is 0 Å². The molecule has 5 heteroatoms. The molecule has 130 valence electrons. The maximum Gasteiger partial charge on any atom is 0.308 e. The zero-order valence-corrected chi connectivity index (χ0v) is 14.4. The van der Waals surface area contributed by atoms with Crippen LogP contribution in [0.2, 0.25) is 0 Å². The van der Waals surface area contributed by atoms with E-state index in [4.69, 9.17) is 14.5 Å². The molecule has 2 atom stereocenters. The molecule has 0 aromatic rings. The Kier molecular flexibility index (Phi) is 9.68. The van der Waals surface area contributed by atoms with E-state index in [1.54, 1.807) is 7.11 Å². The predicted octanol–water partition coefficient (Wildman–Crippen LogP) is 4.14. The first-order chi connectivity index (χ1) is 10.7. The number of esters is 1. The highest BCUT2D eigenvalue weighted by molar-refractivity contribution is 5.69. The molecular formula is C17H32O5. The van der Waals surface area contributed by atoms with Gasteiger partial charge in [-0.25, -0.2) is 9.78 Å². The van der Waals surface area contributed by atoms with Gasteiger partial charge in [-0.15, -0.1) is 0 Å². The van der Waals surface area contributed by atoms with Crippen LogP contribution >= 0.6 is 0 Å². The third kappa shape index (κ3) is 7.07. The van der Waals surface area contributed by atoms with Crippen molar-refractivity contribution >= 4 is 5.97 Å². The van der Waals surface area contributed by atoms with Gasteiger partial charge in [-0.05, 0) is 12.8 Å². The van der Waals surface area contributed by atoms with E-state index in [1.165, 1.54) is 45.6 Å². The summed E-state index contributed by atoms with van der Waals surface area (Å²) in [7, 11) is 3.04. The number of ether oxygens (including phenoxy) is 2. The molecule has 0 radical (unpaired) electrons. The van der Waals surface area contributed by atoms with Gasteiger partial charge in [0.25, 0.3) is 0 Å². The second-order valence-electron chi connectivity index (χ2n) is 6.11. The largest absolute Gasteiger partial charge is 0.469 e. The van der Waals surface area contributed by atoms with Crippen LogP contribution in [0.1, 0.15) is 77.6 Å². The molecule has 1 saturated heterocycles. The Bertz CT molecular complexity index is 297. The third-order valence-corrected chi connectivity index (χ3v) is 4.34. The molecule has 0 bridgehead atoms. The molecule has 0 amide bonds. The van der Waals surface area contributed by atoms with E-state index in [2.05, 4.69) is 11.7 Å². The fraction of sp³-hybridized carbons (Fsp3) is 0.941. The van der Waals surface area contributed by atoms with Gasteiger partial charge in [-0.1, -0.05) is 45.4 Å². The van der Waals surface area contributed by atoms with Gasteiger partial charge in [0, 0.05) is 20.0 Å². The first-order valence-corrected chi connectivity index (χ1v) is 8.62. The molecule has 1 rings (SSSR count). The minimum absolute atomic E-state index is 0.230. The number of carbonyl (C=O) groups excluding carboxylic acids is 1. The molecule has 0 aromatic carbocycles. The van der Waals surface area contributed by atoms with Crippen LogP contribution in [0.25, 0.3) is 0 Å². The van der Waals surface area contributed by atoms with E-state index in [-0.39, 0.29) is 18.5 Å². The van der Waals surface area contributed by atoms with Gasteiger partial charge in [0.1, 0.15) is 6.10 Å². The van der Waals surface area contributed by atoms with Crippen molar-refractivity contribution in [2.45, 2.75) is 89.4 Å². The zero-order chi connectivity index (χ0) is 16.3. The van der Waals surface area contributed by atoms with Crippen LogP contribution in [0.4, 0.5) is 0 Å². The van der Waals surface area contributed by atoms with E-state index >= 15 is 0 Å². The fourth-order valence-electron chi connectivity index (χ4n) is 2.79. The van der Waals surface area contributed by atoms with E-state index in [0.717, 1.165) is 25.7 Å². The van der Waals surface area contributed by atoms with E-state index in [0.29, 0.717) is 0 Å². The normalized spacial score (nSPS) is 25.1. The fourth-order valence-corrected chi connectivity index (χ4v) is 2.79. The third-order valence-electron chi connectivity index (χ3n) is 4.34. The predicted molar refractivity (Wildman–Crippen MR) is 84.2 cm³/mol. The van der Waals surface area contributed by atoms with Crippen molar-refractivity contribution in [2.75, 3.05) is 14.2 Å². The second-order valence-corrected chi connectivity index (χ2v) is 6.11. The van der Waals surface area contributed by atoms with Crippen LogP contribution in [-0.4, -0.2) is 32.1 Å². The van der Waals surface area contributed by atoms with Crippen molar-refractivity contribution in [3.8, 4) is 0 Å². The smallest absolute Gasteiger partial charge is 0.308 e. The highest BCUT2D eigenvalue weighted by Crippen LogP contribution is 2.33. The Labute approximate surface area is 134 Å². The topological polar surface area (TPSA) is 54.0 Å². The molecule has 1 heterocycles. The minimum Gasteiger partial charge on any atom is -0.469 e. The monoisotopic (exact) mass is 316 g/mol. The quantitative estimate of drug-likeness (QED) is 0.326. The molecule has 0 spiro atoms. The molecule has 0 aliphatic carbocycles. The Morgan fingerprint density at radius 2 is 1.82 bits per heavy atom. The van der Waals surface area contributed by atoms with Crippen LogP contribution in [-0.2, 0) is 24.0 Å². The van der Waals surface area contributed by atoms with Gasteiger partial charge in [0.05, 0.1) is 13.5 Å². The Balaban J connectivity index is 2.19. The SMILES string of the molecule is CCCCCCCCC[C@]1(OC)CC[C@@H](CC(=O)OC)OO1. The maximum absolute atomic E-state index is 11.2. The standard InChI is InChI=1S/C17H32O5/c1-4-5-6-7-8-9-10-12-17(20-3)13-11-15(21-22-17)14-16(18)19-2/h15H,4-14H2,1-3H3/t15-,17+/m0/s1. The molecule has 1 fully saturated rings. The van der Waals surface area contributed by atoms with Crippen molar-refractivity contribution in [1.82, 2.24) is 0 Å². The summed E-state index contributed by atoms with van der Waals surface area (Å²) in [5, 5.41) is 0. The maximum atomic E-state index is 11.2. The lowest BCUT2D eigenvalue weighted by Gasteiger charge is -2.37. The summed E-state index contributed by atoms with van der Waals surface area (Å²) >= 11 is 0. The molecule has 1 aliphatic rings. The summed E-state index contributed by atoms with van der Waals surface area (Å²) in [5.74, 6) is -0.915. The number of rotatable bonds is 11. The van der Waals surface area contributed by atoms with E-state index in [1.807, 2.05) is 0 Å². The van der Waals surface area contributed by atoms with Gasteiger partial charge in [-0.3, -0.25) is 4.79 Å². The average molecular weight is 316 g/mol. The van der Waals surface area contributed by atoms with Gasteiger partial charge in [-0.2, -0.15) is 0 Å². The number of unbranched alkanes of at least 4 members (excludes halogenated alkanes) is 6. The molecule has 0 unspecified atom stereocenters. The van der Waals surface area contributed by atoms with Gasteiger partial charge in [0.15, 0.2) is 0 Å². The molecule has 1 aliphatic heterocycles. The molecular weight excluding hydrogens is 284 g/mol. The zero-order valence-electron chi connectivity index (χ0n) is 14.4. The van der Waals surface area contributed by atoms with Crippen LogP contribution in [0.5, 0.6) is 0 Å². The van der Waals surface area contributed by atoms with Crippen molar-refractivity contribution in [3.05, 3.63) is 0 Å². The molecule has 22 heavy (non-hydrogen) atoms. The molecule has 0 N–H and O–H groups in total. The van der Waals surface area contributed by atoms with Gasteiger partial charge in [0.2, 0.25) is 5.79 Å². The Morgan fingerprint density at radius 3 is 2.36 bits per heavy atom. The summed E-state index contributed by atoms with van der Waals surface area (Å²) in [5.41, 5.74) is 0. The average Bonchev–Trinajstić information content (AvgIpc) is 2.55. The summed E-state index contributed by atoms with van der Waals surface area (Å²) < 4.78 is 10.2. The van der Waals surface area contributed by atoms with Gasteiger partial charge < -0.3 is 9.47 Å². The Morgan fingerprint density at radius 1 is 1.14 bits per heavy atom. The number of methoxy groups -OCH3 is 2. The van der Waals surface area contributed by atoms with Crippen LogP contribution in [0, 0.1) is 0 Å². The summed E-state index contributed by atoms with van der Waals surface area (Å²) in [6.45, 7) is 2.23. The Hall–Kier alpha value is -0.650. The van der Waals surface area contributed by atoms with E-state index < -0.39 is 5.79 Å². The summed E-state index contributed by atoms with van der Waals surface area (Å²) in [4.78, 5) is 22.1. The number of carbonyl (C=O) groups is 1. The number of hydrogen-bond acceptors (Lipinski definition) is 5. The van der Waals surface area contributed by atoms with Gasteiger partial charge >= 0.3 is 5.97 Å².